The van der Waals surface area contributed by atoms with E-state index in [1.807, 2.05) is 0 Å². The van der Waals surface area contributed by atoms with E-state index in [0.717, 1.165) is 16.4 Å². The van der Waals surface area contributed by atoms with Crippen molar-refractivity contribution in [2.24, 2.45) is 5.16 Å². The number of tetrazole rings is 1. The molecule has 5 N–H and O–H groups in total. The molecule has 3 aromatic rings. The van der Waals surface area contributed by atoms with Gasteiger partial charge in [-0.05, 0) is 22.9 Å². The van der Waals surface area contributed by atoms with E-state index in [1.54, 1.807) is 17.7 Å². The van der Waals surface area contributed by atoms with Gasteiger partial charge in [0, 0.05) is 41.8 Å². The number of aromatic nitrogens is 7. The normalized spacial score (nSPS) is 18.3. The fourth-order valence-corrected chi connectivity index (χ4v) is 7.13. The zero-order valence-electron chi connectivity index (χ0n) is 22.4. The van der Waals surface area contributed by atoms with Crippen molar-refractivity contribution in [1.82, 2.24) is 44.3 Å². The first-order valence-corrected chi connectivity index (χ1v) is 15.1. The van der Waals surface area contributed by atoms with Crippen molar-refractivity contribution in [1.29, 1.82) is 0 Å². The Morgan fingerprint density at radius 1 is 1.33 bits per heavy atom. The molecule has 2 amide bonds. The lowest BCUT2D eigenvalue weighted by molar-refractivity contribution is -0.150. The number of nitrogens with one attached hydrogen (secondary N) is 1. The number of nitrogen functional groups attached to an aromatic ring is 1. The van der Waals surface area contributed by atoms with Crippen LogP contribution < -0.4 is 16.5 Å². The van der Waals surface area contributed by atoms with Crippen LogP contribution in [0.4, 0.5) is 5.13 Å². The molecular weight excluding hydrogens is 627 g/mol. The number of aliphatic carboxylic acids is 1. The molecule has 0 aliphatic carbocycles. The first-order valence-electron chi connectivity index (χ1n) is 12.3. The van der Waals surface area contributed by atoms with Crippen LogP contribution in [0.2, 0.25) is 0 Å². The summed E-state index contributed by atoms with van der Waals surface area (Å²) in [5, 5.41) is 37.7. The van der Waals surface area contributed by atoms with Gasteiger partial charge >= 0.3 is 5.97 Å². The van der Waals surface area contributed by atoms with E-state index in [-0.39, 0.29) is 39.6 Å². The Balaban J connectivity index is 1.26. The Morgan fingerprint density at radius 3 is 2.81 bits per heavy atom. The Morgan fingerprint density at radius 2 is 2.12 bits per heavy atom. The number of aromatic hydroxyl groups is 1. The molecule has 2 aliphatic rings. The summed E-state index contributed by atoms with van der Waals surface area (Å²) in [6, 6.07) is 0.251. The summed E-state index contributed by atoms with van der Waals surface area (Å²) in [7, 11) is 1.23. The second-order valence-corrected chi connectivity index (χ2v) is 11.8. The van der Waals surface area contributed by atoms with Gasteiger partial charge < -0.3 is 30.7 Å². The smallest absolute Gasteiger partial charge is 0.352 e. The van der Waals surface area contributed by atoms with Crippen LogP contribution in [0.1, 0.15) is 11.5 Å². The highest BCUT2D eigenvalue weighted by molar-refractivity contribution is 8.01. The number of amides is 2. The maximum Gasteiger partial charge on any atom is 0.352 e. The minimum absolute atomic E-state index is 0.0678. The number of nitrogens with zero attached hydrogens (tertiary/aromatic N) is 9. The van der Waals surface area contributed by atoms with Gasteiger partial charge in [-0.2, -0.15) is 9.36 Å². The molecule has 0 bridgehead atoms. The Kier molecular flexibility index (Phi) is 8.64. The number of thioether (sulfide) groups is 2. The molecule has 21 heteroatoms. The highest BCUT2D eigenvalue weighted by atomic mass is 32.2. The number of nitrogens with two attached hydrogens (primary N) is 1. The summed E-state index contributed by atoms with van der Waals surface area (Å²) in [6.07, 6.45) is 1.56. The zero-order chi connectivity index (χ0) is 30.8. The van der Waals surface area contributed by atoms with Crippen molar-refractivity contribution >= 4 is 63.7 Å². The second-order valence-electron chi connectivity index (χ2n) is 8.98. The number of carbonyl (C=O) groups is 3. The van der Waals surface area contributed by atoms with Crippen molar-refractivity contribution in [2.75, 3.05) is 24.3 Å². The lowest BCUT2D eigenvalue weighted by Gasteiger charge is -2.49. The van der Waals surface area contributed by atoms with Gasteiger partial charge in [-0.25, -0.2) is 9.48 Å². The van der Waals surface area contributed by atoms with Crippen LogP contribution in [0.25, 0.3) is 0 Å². The highest BCUT2D eigenvalue weighted by Gasteiger charge is 2.54. The maximum atomic E-state index is 13.1. The molecule has 43 heavy (non-hydrogen) atoms. The number of oxime groups is 1. The van der Waals surface area contributed by atoms with E-state index < -0.39 is 34.6 Å². The van der Waals surface area contributed by atoms with Gasteiger partial charge in [-0.15, -0.1) is 16.9 Å². The van der Waals surface area contributed by atoms with E-state index in [2.05, 4.69) is 35.4 Å². The molecule has 0 saturated carbocycles. The van der Waals surface area contributed by atoms with Crippen LogP contribution in [0.5, 0.6) is 5.75 Å². The van der Waals surface area contributed by atoms with Crippen molar-refractivity contribution in [3.63, 3.8) is 0 Å². The Bertz CT molecular complexity index is 1720. The molecule has 3 aromatic heterocycles. The number of pyridine rings is 1. The average Bonchev–Trinajstić information content (AvgIpc) is 3.63. The van der Waals surface area contributed by atoms with Gasteiger partial charge in [-0.1, -0.05) is 16.9 Å². The predicted molar refractivity (Wildman–Crippen MR) is 153 cm³/mol. The van der Waals surface area contributed by atoms with Crippen molar-refractivity contribution in [3.8, 4) is 5.75 Å². The first kappa shape index (κ1) is 30.0. The standard InChI is InChI=1S/C22H23N11O7S3/c1-9-15(35)11(34)3-4-31(9)5-6-32-22(26-29-30-32)42-8-10-7-41-19-13(18(37)33(19)14(10)20(38)39)24-17(36)12(27-40-2)16-25-21(23)43-28-16/h3-4,13,19,35H,5-8H2,1-2H3,(H,24,36)(H,38,39)(H2,23,25,28)/t13-,19+/m1/s1. The molecule has 0 unspecified atom stereocenters. The van der Waals surface area contributed by atoms with Crippen molar-refractivity contribution in [3.05, 3.63) is 45.3 Å². The predicted octanol–water partition coefficient (Wildman–Crippen LogP) is -1.14. The molecule has 1 saturated heterocycles. The molecule has 0 radical (unpaired) electrons. The highest BCUT2D eigenvalue weighted by Crippen LogP contribution is 2.41. The molecule has 5 rings (SSSR count). The third-order valence-corrected chi connectivity index (χ3v) is 9.35. The van der Waals surface area contributed by atoms with E-state index in [1.165, 1.54) is 41.4 Å². The van der Waals surface area contributed by atoms with E-state index >= 15 is 0 Å². The van der Waals surface area contributed by atoms with Gasteiger partial charge in [0.15, 0.2) is 10.9 Å². The van der Waals surface area contributed by atoms with Crippen LogP contribution in [0.15, 0.2) is 38.6 Å². The van der Waals surface area contributed by atoms with E-state index in [4.69, 9.17) is 10.6 Å². The fourth-order valence-electron chi connectivity index (χ4n) is 4.31. The Hall–Kier alpha value is -4.50. The molecule has 1 fully saturated rings. The summed E-state index contributed by atoms with van der Waals surface area (Å²) in [5.74, 6) is -2.60. The minimum atomic E-state index is -1.28. The lowest BCUT2D eigenvalue weighted by Crippen LogP contribution is -2.71. The lowest BCUT2D eigenvalue weighted by atomic mass is 10.0. The number of fused-ring (bicyclic) bond motifs is 1. The van der Waals surface area contributed by atoms with Gasteiger partial charge in [0.1, 0.15) is 24.2 Å². The quantitative estimate of drug-likeness (QED) is 0.0830. The average molecular weight is 650 g/mol. The first-order chi connectivity index (χ1) is 20.6. The van der Waals surface area contributed by atoms with Crippen LogP contribution in [0, 0.1) is 6.92 Å². The third kappa shape index (κ3) is 5.90. The largest absolute Gasteiger partial charge is 0.503 e. The van der Waals surface area contributed by atoms with Gasteiger partial charge in [-0.3, -0.25) is 19.3 Å². The van der Waals surface area contributed by atoms with E-state index in [0.29, 0.717) is 29.5 Å². The summed E-state index contributed by atoms with van der Waals surface area (Å²) < 4.78 is 7.15. The molecule has 18 nitrogen and oxygen atoms in total. The van der Waals surface area contributed by atoms with Crippen LogP contribution in [0.3, 0.4) is 0 Å². The van der Waals surface area contributed by atoms with E-state index in [9.17, 15) is 29.4 Å². The van der Waals surface area contributed by atoms with Gasteiger partial charge in [0.2, 0.25) is 22.1 Å². The van der Waals surface area contributed by atoms with Crippen LogP contribution >= 0.6 is 35.1 Å². The number of carboxylic acid groups (broad SMARTS) is 1. The number of aryl methyl sites for hydroxylation is 2. The molecule has 2 atom stereocenters. The van der Waals surface area contributed by atoms with Gasteiger partial charge in [0.25, 0.3) is 11.8 Å². The molecule has 226 valence electrons. The summed E-state index contributed by atoms with van der Waals surface area (Å²) in [4.78, 5) is 59.7. The number of rotatable bonds is 11. The summed E-state index contributed by atoms with van der Waals surface area (Å²) >= 11 is 3.35. The summed E-state index contributed by atoms with van der Waals surface area (Å²) in [6.45, 7) is 2.29. The van der Waals surface area contributed by atoms with Crippen LogP contribution in [-0.4, -0.2) is 103 Å². The topological polar surface area (TPSA) is 246 Å². The summed E-state index contributed by atoms with van der Waals surface area (Å²) in [5.41, 5.74) is 5.57. The molecule has 2 aliphatic heterocycles. The number of carbonyl (C=O) groups excluding carboxylic acids is 2. The zero-order valence-corrected chi connectivity index (χ0v) is 24.9. The number of anilines is 1. The fraction of sp³-hybridized carbons (Fsp3) is 0.364. The third-order valence-electron chi connectivity index (χ3n) is 6.43. The number of hydrogen-bond acceptors (Lipinski definition) is 16. The SMILES string of the molecule is CON=C(C(=O)N[C@@H]1C(=O)N2C(C(=O)O)=C(CSc3nnnn3CCn3ccc(=O)c(O)c3C)CS[C@@H]12)c1nsc(N)n1. The maximum absolute atomic E-state index is 13.1. The molecular formula is C22H23N11O7S3. The molecule has 5 heterocycles. The number of β-lactam (4-membered cyclic amide) rings is 1. The minimum Gasteiger partial charge on any atom is -0.503 e. The molecule has 0 spiro atoms. The number of hydrogen-bond donors (Lipinski definition) is 4. The monoisotopic (exact) mass is 649 g/mol. The second kappa shape index (κ2) is 12.4. The molecule has 0 aromatic carbocycles. The van der Waals surface area contributed by atoms with Crippen LogP contribution in [-0.2, 0) is 32.3 Å². The van der Waals surface area contributed by atoms with Gasteiger partial charge in [0.05, 0.1) is 12.2 Å². The number of carboxylic acids is 1. The Labute approximate surface area is 254 Å². The van der Waals surface area contributed by atoms with Crippen molar-refractivity contribution < 1.29 is 29.4 Å². The van der Waals surface area contributed by atoms with Crippen molar-refractivity contribution in [2.45, 2.75) is 36.6 Å².